The molecule has 78 valence electrons. The summed E-state index contributed by atoms with van der Waals surface area (Å²) in [6, 6.07) is 3.08. The van der Waals surface area contributed by atoms with Crippen LogP contribution < -0.4 is 0 Å². The number of fused-ring (bicyclic) bond motifs is 1. The lowest BCUT2D eigenvalue weighted by atomic mass is 10.4. The molecule has 0 aromatic carbocycles. The second-order valence-corrected chi connectivity index (χ2v) is 3.95. The molecule has 0 aliphatic carbocycles. The molecule has 2 aromatic heterocycles. The zero-order valence-electron chi connectivity index (χ0n) is 7.73. The Bertz CT molecular complexity index is 508. The van der Waals surface area contributed by atoms with Crippen LogP contribution in [0.4, 0.5) is 0 Å². The van der Waals surface area contributed by atoms with Crippen molar-refractivity contribution in [2.24, 2.45) is 0 Å². The third kappa shape index (κ3) is 1.59. The Labute approximate surface area is 88.3 Å². The smallest absolute Gasteiger partial charge is 0.352 e. The van der Waals surface area contributed by atoms with Crippen molar-refractivity contribution in [3.63, 3.8) is 0 Å². The Morgan fingerprint density at radius 2 is 2.20 bits per heavy atom. The Balaban J connectivity index is 2.47. The summed E-state index contributed by atoms with van der Waals surface area (Å²) in [5, 5.41) is 8.71. The van der Waals surface area contributed by atoms with Gasteiger partial charge in [0.15, 0.2) is 0 Å². The standard InChI is InChI=1S/C9H7NO4S/c1-14-9(13)7-2-4-6(15-7)3-5(10-4)8(11)12/h2-3,10H,1H3,(H,11,12). The molecule has 5 nitrogen and oxygen atoms in total. The molecular weight excluding hydrogens is 218 g/mol. The molecule has 0 radical (unpaired) electrons. The van der Waals surface area contributed by atoms with E-state index in [0.29, 0.717) is 10.4 Å². The topological polar surface area (TPSA) is 79.4 Å². The highest BCUT2D eigenvalue weighted by atomic mass is 32.1. The van der Waals surface area contributed by atoms with E-state index in [1.165, 1.54) is 24.5 Å². The second-order valence-electron chi connectivity index (χ2n) is 2.87. The number of carbonyl (C=O) groups excluding carboxylic acids is 1. The van der Waals surface area contributed by atoms with E-state index in [2.05, 4.69) is 9.72 Å². The van der Waals surface area contributed by atoms with E-state index >= 15 is 0 Å². The molecule has 0 atom stereocenters. The lowest BCUT2D eigenvalue weighted by molar-refractivity contribution is 0.0605. The second kappa shape index (κ2) is 3.39. The molecule has 2 rings (SSSR count). The minimum absolute atomic E-state index is 0.118. The van der Waals surface area contributed by atoms with Crippen LogP contribution >= 0.6 is 11.3 Å². The molecule has 0 unspecified atom stereocenters. The summed E-state index contributed by atoms with van der Waals surface area (Å²) in [6.07, 6.45) is 0. The first kappa shape index (κ1) is 9.72. The molecule has 2 N–H and O–H groups in total. The van der Waals surface area contributed by atoms with Crippen molar-refractivity contribution in [2.75, 3.05) is 7.11 Å². The Kier molecular flexibility index (Phi) is 2.20. The quantitative estimate of drug-likeness (QED) is 0.762. The average Bonchev–Trinajstić information content (AvgIpc) is 2.72. The summed E-state index contributed by atoms with van der Waals surface area (Å²) in [7, 11) is 1.30. The van der Waals surface area contributed by atoms with Gasteiger partial charge in [-0.05, 0) is 12.1 Å². The molecule has 0 aliphatic rings. The number of carbonyl (C=O) groups is 2. The summed E-state index contributed by atoms with van der Waals surface area (Å²) < 4.78 is 5.28. The number of rotatable bonds is 2. The van der Waals surface area contributed by atoms with E-state index in [1.807, 2.05) is 0 Å². The van der Waals surface area contributed by atoms with Gasteiger partial charge in [-0.1, -0.05) is 0 Å². The van der Waals surface area contributed by atoms with Gasteiger partial charge in [0.05, 0.1) is 17.3 Å². The van der Waals surface area contributed by atoms with Crippen LogP contribution in [0.25, 0.3) is 10.2 Å². The molecule has 2 heterocycles. The van der Waals surface area contributed by atoms with Crippen LogP contribution in [0.2, 0.25) is 0 Å². The number of nitrogens with one attached hydrogen (secondary N) is 1. The highest BCUT2D eigenvalue weighted by Gasteiger charge is 2.14. The number of carboxylic acids is 1. The van der Waals surface area contributed by atoms with Gasteiger partial charge in [-0.25, -0.2) is 9.59 Å². The van der Waals surface area contributed by atoms with E-state index in [-0.39, 0.29) is 5.69 Å². The number of aromatic nitrogens is 1. The third-order valence-corrected chi connectivity index (χ3v) is 2.98. The monoisotopic (exact) mass is 225 g/mol. The fraction of sp³-hybridized carbons (Fsp3) is 0.111. The molecule has 0 spiro atoms. The minimum Gasteiger partial charge on any atom is -0.477 e. The Hall–Kier alpha value is -1.82. The van der Waals surface area contributed by atoms with Crippen molar-refractivity contribution in [3.05, 3.63) is 22.7 Å². The van der Waals surface area contributed by atoms with Crippen molar-refractivity contribution < 1.29 is 19.4 Å². The molecular formula is C9H7NO4S. The van der Waals surface area contributed by atoms with Crippen LogP contribution in [0, 0.1) is 0 Å². The third-order valence-electron chi connectivity index (χ3n) is 1.92. The van der Waals surface area contributed by atoms with Crippen LogP contribution in [0.3, 0.4) is 0 Å². The highest BCUT2D eigenvalue weighted by Crippen LogP contribution is 2.26. The first-order chi connectivity index (χ1) is 7.11. The van der Waals surface area contributed by atoms with Gasteiger partial charge >= 0.3 is 11.9 Å². The van der Waals surface area contributed by atoms with E-state index in [0.717, 1.165) is 4.70 Å². The van der Waals surface area contributed by atoms with Gasteiger partial charge in [0.25, 0.3) is 0 Å². The molecule has 6 heteroatoms. The maximum atomic E-state index is 11.2. The minimum atomic E-state index is -1.02. The van der Waals surface area contributed by atoms with Crippen LogP contribution in [-0.4, -0.2) is 29.1 Å². The first-order valence-electron chi connectivity index (χ1n) is 4.06. The molecule has 0 saturated carbocycles. The fourth-order valence-electron chi connectivity index (χ4n) is 1.24. The average molecular weight is 225 g/mol. The maximum Gasteiger partial charge on any atom is 0.352 e. The van der Waals surface area contributed by atoms with Crippen molar-refractivity contribution in [1.29, 1.82) is 0 Å². The zero-order chi connectivity index (χ0) is 11.0. The molecule has 0 amide bonds. The summed E-state index contributed by atoms with van der Waals surface area (Å²) in [4.78, 5) is 24.9. The molecule has 15 heavy (non-hydrogen) atoms. The molecule has 0 bridgehead atoms. The number of hydrogen-bond donors (Lipinski definition) is 2. The van der Waals surface area contributed by atoms with Gasteiger partial charge in [-0.2, -0.15) is 0 Å². The van der Waals surface area contributed by atoms with Gasteiger partial charge in [0.1, 0.15) is 10.6 Å². The number of aromatic amines is 1. The van der Waals surface area contributed by atoms with Crippen molar-refractivity contribution in [2.45, 2.75) is 0 Å². The van der Waals surface area contributed by atoms with Crippen LogP contribution in [0.1, 0.15) is 20.2 Å². The van der Waals surface area contributed by atoms with Gasteiger partial charge in [-0.3, -0.25) is 0 Å². The summed E-state index contributed by atoms with van der Waals surface area (Å²) in [6.45, 7) is 0. The van der Waals surface area contributed by atoms with Gasteiger partial charge in [-0.15, -0.1) is 11.3 Å². The van der Waals surface area contributed by atoms with E-state index in [9.17, 15) is 9.59 Å². The predicted molar refractivity (Wildman–Crippen MR) is 54.5 cm³/mol. The van der Waals surface area contributed by atoms with Crippen molar-refractivity contribution >= 4 is 33.5 Å². The summed E-state index contributed by atoms with van der Waals surface area (Å²) in [5.74, 6) is -1.43. The van der Waals surface area contributed by atoms with E-state index in [4.69, 9.17) is 5.11 Å². The van der Waals surface area contributed by atoms with Crippen LogP contribution in [0.5, 0.6) is 0 Å². The summed E-state index contributed by atoms with van der Waals surface area (Å²) in [5.41, 5.74) is 0.755. The molecule has 2 aromatic rings. The number of hydrogen-bond acceptors (Lipinski definition) is 4. The fourth-order valence-corrected chi connectivity index (χ4v) is 2.22. The number of carboxylic acid groups (broad SMARTS) is 1. The van der Waals surface area contributed by atoms with Crippen LogP contribution in [0.15, 0.2) is 12.1 Å². The Morgan fingerprint density at radius 1 is 1.47 bits per heavy atom. The SMILES string of the molecule is COC(=O)c1cc2[nH]c(C(=O)O)cc2s1. The molecule has 0 saturated heterocycles. The number of methoxy groups -OCH3 is 1. The first-order valence-corrected chi connectivity index (χ1v) is 4.87. The number of thiophene rings is 1. The molecule has 0 aliphatic heterocycles. The summed E-state index contributed by atoms with van der Waals surface area (Å²) >= 11 is 1.20. The van der Waals surface area contributed by atoms with Crippen molar-refractivity contribution in [1.82, 2.24) is 4.98 Å². The maximum absolute atomic E-state index is 11.2. The van der Waals surface area contributed by atoms with Crippen molar-refractivity contribution in [3.8, 4) is 0 Å². The number of esters is 1. The predicted octanol–water partition coefficient (Wildman–Crippen LogP) is 1.71. The lowest BCUT2D eigenvalue weighted by Crippen LogP contribution is -1.97. The van der Waals surface area contributed by atoms with Gasteiger partial charge < -0.3 is 14.8 Å². The highest BCUT2D eigenvalue weighted by molar-refractivity contribution is 7.20. The Morgan fingerprint density at radius 3 is 2.73 bits per heavy atom. The number of aromatic carboxylic acids is 1. The van der Waals surface area contributed by atoms with E-state index in [1.54, 1.807) is 6.07 Å². The number of ether oxygens (including phenoxy) is 1. The lowest BCUT2D eigenvalue weighted by Gasteiger charge is -1.91. The van der Waals surface area contributed by atoms with Crippen LogP contribution in [-0.2, 0) is 4.74 Å². The largest absolute Gasteiger partial charge is 0.477 e. The van der Waals surface area contributed by atoms with E-state index < -0.39 is 11.9 Å². The number of H-pyrrole nitrogens is 1. The van der Waals surface area contributed by atoms with Gasteiger partial charge in [0.2, 0.25) is 0 Å². The zero-order valence-corrected chi connectivity index (χ0v) is 8.55. The van der Waals surface area contributed by atoms with Gasteiger partial charge in [0, 0.05) is 0 Å². The normalized spacial score (nSPS) is 10.5. The molecule has 0 fully saturated rings.